The molecular weight excluding hydrogens is 234 g/mol. The quantitative estimate of drug-likeness (QED) is 0.773. The molecule has 4 heteroatoms. The van der Waals surface area contributed by atoms with Gasteiger partial charge in [0.25, 0.3) is 0 Å². The highest BCUT2D eigenvalue weighted by atomic mass is 35.5. The van der Waals surface area contributed by atoms with Crippen LogP contribution in [0.5, 0.6) is 0 Å². The first kappa shape index (κ1) is 12.1. The van der Waals surface area contributed by atoms with E-state index in [2.05, 4.69) is 21.4 Å². The van der Waals surface area contributed by atoms with Crippen molar-refractivity contribution in [3.05, 3.63) is 53.1 Å². The zero-order chi connectivity index (χ0) is 11.9. The first-order valence-electron chi connectivity index (χ1n) is 5.78. The summed E-state index contributed by atoms with van der Waals surface area (Å²) in [5, 5.41) is 4.18. The molecule has 0 aliphatic heterocycles. The second-order valence-corrected chi connectivity index (χ2v) is 4.38. The summed E-state index contributed by atoms with van der Waals surface area (Å²) in [4.78, 5) is 7.28. The Bertz CT molecular complexity index is 440. The van der Waals surface area contributed by atoms with Crippen LogP contribution in [0.4, 0.5) is 0 Å². The van der Waals surface area contributed by atoms with Crippen LogP contribution >= 0.6 is 11.6 Å². The van der Waals surface area contributed by atoms with E-state index < -0.39 is 0 Å². The van der Waals surface area contributed by atoms with Gasteiger partial charge in [-0.3, -0.25) is 0 Å². The summed E-state index contributed by atoms with van der Waals surface area (Å²) in [6.45, 7) is 1.84. The molecule has 0 amide bonds. The topological polar surface area (TPSA) is 40.7 Å². The third kappa shape index (κ3) is 4.21. The number of H-pyrrole nitrogens is 1. The predicted molar refractivity (Wildman–Crippen MR) is 70.1 cm³/mol. The Balaban J connectivity index is 1.63. The average molecular weight is 250 g/mol. The lowest BCUT2D eigenvalue weighted by molar-refractivity contribution is 0.641. The summed E-state index contributed by atoms with van der Waals surface area (Å²) < 4.78 is 0. The molecule has 90 valence electrons. The van der Waals surface area contributed by atoms with Crippen molar-refractivity contribution in [3.63, 3.8) is 0 Å². The Morgan fingerprint density at radius 1 is 1.35 bits per heavy atom. The minimum atomic E-state index is 0.792. The van der Waals surface area contributed by atoms with E-state index >= 15 is 0 Å². The van der Waals surface area contributed by atoms with E-state index in [0.717, 1.165) is 36.8 Å². The molecule has 0 aliphatic carbocycles. The Kier molecular flexibility index (Phi) is 4.59. The van der Waals surface area contributed by atoms with Crippen LogP contribution in [0.1, 0.15) is 17.8 Å². The molecule has 1 heterocycles. The smallest absolute Gasteiger partial charge is 0.106 e. The van der Waals surface area contributed by atoms with E-state index in [9.17, 15) is 0 Å². The Hall–Kier alpha value is -1.32. The van der Waals surface area contributed by atoms with Crippen molar-refractivity contribution in [2.45, 2.75) is 19.4 Å². The van der Waals surface area contributed by atoms with Crippen molar-refractivity contribution in [2.75, 3.05) is 6.54 Å². The van der Waals surface area contributed by atoms with Gasteiger partial charge in [0.2, 0.25) is 0 Å². The Labute approximate surface area is 106 Å². The molecule has 0 fully saturated rings. The number of nitrogens with zero attached hydrogens (tertiary/aromatic N) is 1. The number of aromatic nitrogens is 2. The van der Waals surface area contributed by atoms with E-state index in [1.54, 1.807) is 6.20 Å². The average Bonchev–Trinajstić information content (AvgIpc) is 2.82. The Morgan fingerprint density at radius 2 is 2.29 bits per heavy atom. The summed E-state index contributed by atoms with van der Waals surface area (Å²) in [7, 11) is 0. The minimum Gasteiger partial charge on any atom is -0.349 e. The first-order valence-corrected chi connectivity index (χ1v) is 6.16. The lowest BCUT2D eigenvalue weighted by Crippen LogP contribution is -2.15. The van der Waals surface area contributed by atoms with Gasteiger partial charge in [-0.25, -0.2) is 4.98 Å². The van der Waals surface area contributed by atoms with E-state index in [4.69, 9.17) is 11.6 Å². The summed E-state index contributed by atoms with van der Waals surface area (Å²) in [6.07, 6.45) is 5.70. The lowest BCUT2D eigenvalue weighted by Gasteiger charge is -2.04. The molecule has 0 atom stereocenters. The molecule has 17 heavy (non-hydrogen) atoms. The fourth-order valence-corrected chi connectivity index (χ4v) is 1.91. The normalized spacial score (nSPS) is 10.6. The Morgan fingerprint density at radius 3 is 3.06 bits per heavy atom. The highest BCUT2D eigenvalue weighted by Gasteiger charge is 1.96. The summed E-state index contributed by atoms with van der Waals surface area (Å²) in [5.41, 5.74) is 1.22. The van der Waals surface area contributed by atoms with Crippen LogP contribution in [-0.4, -0.2) is 16.5 Å². The molecule has 1 aromatic carbocycles. The van der Waals surface area contributed by atoms with E-state index in [1.165, 1.54) is 5.56 Å². The zero-order valence-electron chi connectivity index (χ0n) is 9.62. The van der Waals surface area contributed by atoms with Crippen LogP contribution in [0, 0.1) is 0 Å². The molecule has 2 aromatic rings. The van der Waals surface area contributed by atoms with Gasteiger partial charge < -0.3 is 10.3 Å². The molecule has 0 saturated heterocycles. The maximum atomic E-state index is 5.91. The van der Waals surface area contributed by atoms with Crippen molar-refractivity contribution >= 4 is 11.6 Å². The van der Waals surface area contributed by atoms with Gasteiger partial charge in [-0.2, -0.15) is 0 Å². The van der Waals surface area contributed by atoms with Crippen LogP contribution in [0.3, 0.4) is 0 Å². The van der Waals surface area contributed by atoms with Crippen LogP contribution in [0.25, 0.3) is 0 Å². The van der Waals surface area contributed by atoms with Crippen molar-refractivity contribution in [1.82, 2.24) is 15.3 Å². The van der Waals surface area contributed by atoms with Crippen molar-refractivity contribution in [3.8, 4) is 0 Å². The molecule has 0 aliphatic rings. The number of nitrogens with one attached hydrogen (secondary N) is 2. The maximum Gasteiger partial charge on any atom is 0.106 e. The number of rotatable bonds is 6. The summed E-state index contributed by atoms with van der Waals surface area (Å²) in [5.74, 6) is 1.05. The monoisotopic (exact) mass is 249 g/mol. The van der Waals surface area contributed by atoms with Gasteiger partial charge in [-0.1, -0.05) is 23.7 Å². The van der Waals surface area contributed by atoms with E-state index in [-0.39, 0.29) is 0 Å². The number of hydrogen-bond acceptors (Lipinski definition) is 2. The fourth-order valence-electron chi connectivity index (χ4n) is 1.70. The molecule has 0 saturated carbocycles. The van der Waals surface area contributed by atoms with Gasteiger partial charge in [-0.15, -0.1) is 0 Å². The highest BCUT2D eigenvalue weighted by molar-refractivity contribution is 6.30. The third-order valence-corrected chi connectivity index (χ3v) is 2.78. The lowest BCUT2D eigenvalue weighted by atomic mass is 10.2. The molecule has 0 bridgehead atoms. The molecule has 0 unspecified atom stereocenters. The zero-order valence-corrected chi connectivity index (χ0v) is 10.4. The maximum absolute atomic E-state index is 5.91. The van der Waals surface area contributed by atoms with Crippen LogP contribution in [-0.2, 0) is 13.0 Å². The molecule has 3 nitrogen and oxygen atoms in total. The number of benzene rings is 1. The standard InChI is InChI=1S/C13H16ClN3/c14-12-4-1-3-11(9-12)10-15-6-2-5-13-16-7-8-17-13/h1,3-4,7-9,15H,2,5-6,10H2,(H,16,17). The SMILES string of the molecule is Clc1cccc(CNCCCc2ncc[nH]2)c1. The first-order chi connectivity index (χ1) is 8.34. The molecular formula is C13H16ClN3. The molecule has 0 radical (unpaired) electrons. The van der Waals surface area contributed by atoms with Gasteiger partial charge in [0.1, 0.15) is 5.82 Å². The van der Waals surface area contributed by atoms with Crippen molar-refractivity contribution in [2.24, 2.45) is 0 Å². The largest absolute Gasteiger partial charge is 0.349 e. The number of aryl methyl sites for hydroxylation is 1. The number of hydrogen-bond donors (Lipinski definition) is 2. The summed E-state index contributed by atoms with van der Waals surface area (Å²) >= 11 is 5.91. The third-order valence-electron chi connectivity index (χ3n) is 2.54. The van der Waals surface area contributed by atoms with E-state index in [0.29, 0.717) is 0 Å². The van der Waals surface area contributed by atoms with Gasteiger partial charge >= 0.3 is 0 Å². The van der Waals surface area contributed by atoms with Gasteiger partial charge in [0.15, 0.2) is 0 Å². The molecule has 0 spiro atoms. The number of imidazole rings is 1. The van der Waals surface area contributed by atoms with Crippen LogP contribution < -0.4 is 5.32 Å². The van der Waals surface area contributed by atoms with Crippen LogP contribution in [0.2, 0.25) is 5.02 Å². The number of aromatic amines is 1. The van der Waals surface area contributed by atoms with Gasteiger partial charge in [0, 0.05) is 30.4 Å². The minimum absolute atomic E-state index is 0.792. The molecule has 2 rings (SSSR count). The van der Waals surface area contributed by atoms with Crippen LogP contribution in [0.15, 0.2) is 36.7 Å². The highest BCUT2D eigenvalue weighted by Crippen LogP contribution is 2.10. The molecule has 2 N–H and O–H groups in total. The predicted octanol–water partition coefficient (Wildman–Crippen LogP) is 2.79. The fraction of sp³-hybridized carbons (Fsp3) is 0.308. The van der Waals surface area contributed by atoms with Gasteiger partial charge in [0.05, 0.1) is 0 Å². The molecule has 1 aromatic heterocycles. The summed E-state index contributed by atoms with van der Waals surface area (Å²) in [6, 6.07) is 7.93. The van der Waals surface area contributed by atoms with E-state index in [1.807, 2.05) is 24.4 Å². The van der Waals surface area contributed by atoms with Crippen molar-refractivity contribution in [1.29, 1.82) is 0 Å². The second-order valence-electron chi connectivity index (χ2n) is 3.95. The second kappa shape index (κ2) is 6.42. The number of halogens is 1. The van der Waals surface area contributed by atoms with Crippen molar-refractivity contribution < 1.29 is 0 Å². The van der Waals surface area contributed by atoms with Gasteiger partial charge in [-0.05, 0) is 30.7 Å².